The van der Waals surface area contributed by atoms with Gasteiger partial charge in [-0.1, -0.05) is 13.8 Å². The van der Waals surface area contributed by atoms with Crippen LogP contribution in [0.5, 0.6) is 0 Å². The smallest absolute Gasteiger partial charge is 0.255 e. The van der Waals surface area contributed by atoms with Gasteiger partial charge < -0.3 is 19.6 Å². The first kappa shape index (κ1) is 19.3. The Hall–Kier alpha value is -2.03. The molecule has 0 aliphatic carbocycles. The Bertz CT molecular complexity index is 857. The lowest BCUT2D eigenvalue weighted by molar-refractivity contribution is -0.127. The molecule has 1 N–H and O–H groups in total. The molecule has 1 amide bonds. The van der Waals surface area contributed by atoms with Crippen molar-refractivity contribution in [3.05, 3.63) is 29.7 Å². The predicted octanol–water partition coefficient (Wildman–Crippen LogP) is 1.36. The Morgan fingerprint density at radius 2 is 1.96 bits per heavy atom. The third-order valence-electron chi connectivity index (χ3n) is 5.97. The molecule has 0 bridgehead atoms. The first-order valence-corrected chi connectivity index (χ1v) is 10.0. The molecular formula is C20H29N5O3. The molecular weight excluding hydrogens is 358 g/mol. The molecule has 152 valence electrons. The van der Waals surface area contributed by atoms with E-state index in [0.717, 1.165) is 32.5 Å². The number of aliphatic hydroxyl groups excluding tert-OH is 1. The predicted molar refractivity (Wildman–Crippen MR) is 104 cm³/mol. The van der Waals surface area contributed by atoms with Crippen molar-refractivity contribution in [1.29, 1.82) is 0 Å². The zero-order chi connectivity index (χ0) is 19.9. The van der Waals surface area contributed by atoms with E-state index in [4.69, 9.17) is 4.74 Å². The second-order valence-electron chi connectivity index (χ2n) is 8.45. The fourth-order valence-corrected chi connectivity index (χ4v) is 4.17. The molecule has 0 aromatic carbocycles. The van der Waals surface area contributed by atoms with E-state index < -0.39 is 6.10 Å². The van der Waals surface area contributed by atoms with E-state index in [1.54, 1.807) is 22.7 Å². The molecule has 0 radical (unpaired) electrons. The molecule has 4 rings (SSSR count). The van der Waals surface area contributed by atoms with E-state index in [9.17, 15) is 9.90 Å². The van der Waals surface area contributed by atoms with Crippen molar-refractivity contribution >= 4 is 11.6 Å². The maximum atomic E-state index is 13.1. The van der Waals surface area contributed by atoms with Crippen molar-refractivity contribution in [2.24, 2.45) is 5.92 Å². The Morgan fingerprint density at radius 3 is 2.64 bits per heavy atom. The fourth-order valence-electron chi connectivity index (χ4n) is 4.17. The number of carbonyl (C=O) groups excluding carboxylic acids is 1. The number of rotatable bonds is 3. The number of ether oxygens (including phenoxy) is 1. The highest BCUT2D eigenvalue weighted by molar-refractivity contribution is 5.94. The number of pyridine rings is 1. The summed E-state index contributed by atoms with van der Waals surface area (Å²) in [5.74, 6) is 0.481. The highest BCUT2D eigenvalue weighted by Gasteiger charge is 2.39. The Morgan fingerprint density at radius 1 is 1.21 bits per heavy atom. The molecule has 2 aliphatic heterocycles. The van der Waals surface area contributed by atoms with Gasteiger partial charge in [-0.3, -0.25) is 9.20 Å². The molecule has 28 heavy (non-hydrogen) atoms. The fraction of sp³-hybridized carbons (Fsp3) is 0.650. The average molecular weight is 387 g/mol. The van der Waals surface area contributed by atoms with Crippen LogP contribution in [-0.2, 0) is 4.74 Å². The summed E-state index contributed by atoms with van der Waals surface area (Å²) in [7, 11) is 2.12. The van der Waals surface area contributed by atoms with Crippen LogP contribution in [0.2, 0.25) is 0 Å². The summed E-state index contributed by atoms with van der Waals surface area (Å²) in [6, 6.07) is 3.56. The first-order valence-electron chi connectivity index (χ1n) is 10.0. The van der Waals surface area contributed by atoms with E-state index in [0.29, 0.717) is 30.1 Å². The average Bonchev–Trinajstić information content (AvgIpc) is 3.10. The highest BCUT2D eigenvalue weighted by atomic mass is 16.5. The Balaban J connectivity index is 1.51. The highest BCUT2D eigenvalue weighted by Crippen LogP contribution is 2.30. The number of piperidine rings is 1. The SMILES string of the molecule is CC(C)C(O)c1nnc2ccc(C(=O)N3CCC4(CC3)CN(C)CCO4)cn12. The van der Waals surface area contributed by atoms with Gasteiger partial charge in [0, 0.05) is 32.4 Å². The number of aliphatic hydroxyl groups is 1. The molecule has 1 spiro atoms. The monoisotopic (exact) mass is 387 g/mol. The number of hydrogen-bond acceptors (Lipinski definition) is 6. The lowest BCUT2D eigenvalue weighted by Crippen LogP contribution is -2.56. The van der Waals surface area contributed by atoms with E-state index in [1.165, 1.54) is 0 Å². The quantitative estimate of drug-likeness (QED) is 0.856. The largest absolute Gasteiger partial charge is 0.385 e. The van der Waals surface area contributed by atoms with Gasteiger partial charge in [0.25, 0.3) is 5.91 Å². The van der Waals surface area contributed by atoms with E-state index in [1.807, 2.05) is 18.7 Å². The van der Waals surface area contributed by atoms with E-state index >= 15 is 0 Å². The Labute approximate surface area is 165 Å². The lowest BCUT2D eigenvalue weighted by atomic mass is 9.89. The summed E-state index contributed by atoms with van der Waals surface area (Å²) in [6.07, 6.45) is 2.73. The van der Waals surface area contributed by atoms with Gasteiger partial charge in [-0.05, 0) is 37.9 Å². The van der Waals surface area contributed by atoms with Crippen LogP contribution in [0, 0.1) is 5.92 Å². The number of carbonyl (C=O) groups is 1. The maximum absolute atomic E-state index is 13.1. The molecule has 8 nitrogen and oxygen atoms in total. The molecule has 2 fully saturated rings. The van der Waals surface area contributed by atoms with Crippen molar-refractivity contribution < 1.29 is 14.6 Å². The molecule has 2 saturated heterocycles. The summed E-state index contributed by atoms with van der Waals surface area (Å²) in [6.45, 7) is 7.88. The van der Waals surface area contributed by atoms with Crippen molar-refractivity contribution in [3.63, 3.8) is 0 Å². The number of likely N-dealkylation sites (N-methyl/N-ethyl adjacent to an activating group) is 1. The first-order chi connectivity index (χ1) is 13.4. The summed E-state index contributed by atoms with van der Waals surface area (Å²) in [5.41, 5.74) is 1.10. The van der Waals surface area contributed by atoms with Crippen LogP contribution in [0.15, 0.2) is 18.3 Å². The molecule has 2 aromatic heterocycles. The lowest BCUT2D eigenvalue weighted by Gasteiger charge is -2.46. The minimum absolute atomic E-state index is 0.000370. The minimum Gasteiger partial charge on any atom is -0.385 e. The van der Waals surface area contributed by atoms with Crippen LogP contribution in [0.4, 0.5) is 0 Å². The van der Waals surface area contributed by atoms with Crippen LogP contribution >= 0.6 is 0 Å². The van der Waals surface area contributed by atoms with Crippen LogP contribution in [-0.4, -0.2) is 80.8 Å². The summed E-state index contributed by atoms with van der Waals surface area (Å²) >= 11 is 0. The van der Waals surface area contributed by atoms with Gasteiger partial charge in [-0.15, -0.1) is 10.2 Å². The van der Waals surface area contributed by atoms with Crippen molar-refractivity contribution in [2.45, 2.75) is 38.4 Å². The second-order valence-corrected chi connectivity index (χ2v) is 8.45. The van der Waals surface area contributed by atoms with Crippen LogP contribution in [0.1, 0.15) is 49.0 Å². The number of fused-ring (bicyclic) bond motifs is 1. The summed E-state index contributed by atoms with van der Waals surface area (Å²) in [5, 5.41) is 18.6. The number of amides is 1. The number of hydrogen-bond donors (Lipinski definition) is 1. The van der Waals surface area contributed by atoms with Gasteiger partial charge in [0.1, 0.15) is 6.10 Å². The molecule has 4 heterocycles. The van der Waals surface area contributed by atoms with Gasteiger partial charge in [-0.2, -0.15) is 0 Å². The van der Waals surface area contributed by atoms with Crippen LogP contribution < -0.4 is 0 Å². The minimum atomic E-state index is -0.726. The second kappa shape index (κ2) is 7.42. The van der Waals surface area contributed by atoms with Gasteiger partial charge in [0.15, 0.2) is 11.5 Å². The molecule has 2 aliphatic rings. The van der Waals surface area contributed by atoms with Gasteiger partial charge >= 0.3 is 0 Å². The summed E-state index contributed by atoms with van der Waals surface area (Å²) < 4.78 is 7.82. The molecule has 1 unspecified atom stereocenters. The number of likely N-dealkylation sites (tertiary alicyclic amines) is 1. The van der Waals surface area contributed by atoms with Crippen molar-refractivity contribution in [3.8, 4) is 0 Å². The number of nitrogens with zero attached hydrogens (tertiary/aromatic N) is 5. The standard InChI is InChI=1S/C20H29N5O3/c1-14(2)17(26)18-22-21-16-5-4-15(12-25(16)18)19(27)24-8-6-20(7-9-24)13-23(3)10-11-28-20/h4-5,12,14,17,26H,6-11,13H2,1-3H3. The molecule has 1 atom stereocenters. The maximum Gasteiger partial charge on any atom is 0.255 e. The summed E-state index contributed by atoms with van der Waals surface area (Å²) in [4.78, 5) is 17.3. The number of aromatic nitrogens is 3. The zero-order valence-corrected chi connectivity index (χ0v) is 16.8. The molecule has 8 heteroatoms. The normalized spacial score (nSPS) is 21.5. The van der Waals surface area contributed by atoms with E-state index in [2.05, 4.69) is 22.1 Å². The Kier molecular flexibility index (Phi) is 5.11. The van der Waals surface area contributed by atoms with Gasteiger partial charge in [-0.25, -0.2) is 0 Å². The van der Waals surface area contributed by atoms with Crippen molar-refractivity contribution in [1.82, 2.24) is 24.4 Å². The van der Waals surface area contributed by atoms with E-state index in [-0.39, 0.29) is 17.4 Å². The van der Waals surface area contributed by atoms with Crippen LogP contribution in [0.25, 0.3) is 5.65 Å². The third-order valence-corrected chi connectivity index (χ3v) is 5.97. The topological polar surface area (TPSA) is 83.2 Å². The number of morpholine rings is 1. The molecule has 2 aromatic rings. The van der Waals surface area contributed by atoms with Crippen LogP contribution in [0.3, 0.4) is 0 Å². The zero-order valence-electron chi connectivity index (χ0n) is 16.8. The third kappa shape index (κ3) is 3.52. The van der Waals surface area contributed by atoms with Gasteiger partial charge in [0.05, 0.1) is 17.8 Å². The van der Waals surface area contributed by atoms with Gasteiger partial charge in [0.2, 0.25) is 0 Å². The molecule has 0 saturated carbocycles. The van der Waals surface area contributed by atoms with Crippen molar-refractivity contribution in [2.75, 3.05) is 39.8 Å².